The van der Waals surface area contributed by atoms with Gasteiger partial charge in [-0.3, -0.25) is 5.09 Å². The fourth-order valence-corrected chi connectivity index (χ4v) is 2.77. The lowest BCUT2D eigenvalue weighted by atomic mass is 10.2. The molecule has 0 fully saturated rings. The van der Waals surface area contributed by atoms with E-state index in [0.717, 1.165) is 6.54 Å². The SMILES string of the molecule is CP(NCc1ccccc1)c1ccccc1. The van der Waals surface area contributed by atoms with E-state index in [1.807, 2.05) is 0 Å². The first-order chi connectivity index (χ1) is 7.86. The molecule has 0 aromatic heterocycles. The van der Waals surface area contributed by atoms with Crippen LogP contribution >= 0.6 is 8.07 Å². The molecule has 0 amide bonds. The van der Waals surface area contributed by atoms with Gasteiger partial charge in [-0.05, 0) is 25.6 Å². The molecule has 2 heteroatoms. The lowest BCUT2D eigenvalue weighted by Gasteiger charge is -2.14. The van der Waals surface area contributed by atoms with Gasteiger partial charge < -0.3 is 0 Å². The highest BCUT2D eigenvalue weighted by molar-refractivity contribution is 7.62. The third-order valence-electron chi connectivity index (χ3n) is 2.51. The maximum Gasteiger partial charge on any atom is 0.0244 e. The van der Waals surface area contributed by atoms with Crippen LogP contribution in [0.1, 0.15) is 5.56 Å². The van der Waals surface area contributed by atoms with Gasteiger partial charge in [0.05, 0.1) is 0 Å². The fraction of sp³-hybridized carbons (Fsp3) is 0.143. The molecule has 0 radical (unpaired) electrons. The Balaban J connectivity index is 1.92. The molecule has 1 atom stereocenters. The molecule has 0 spiro atoms. The smallest absolute Gasteiger partial charge is 0.0244 e. The van der Waals surface area contributed by atoms with E-state index >= 15 is 0 Å². The van der Waals surface area contributed by atoms with E-state index in [0.29, 0.717) is 0 Å². The van der Waals surface area contributed by atoms with Crippen molar-refractivity contribution in [3.05, 3.63) is 66.2 Å². The Hall–Kier alpha value is -1.17. The molecule has 2 rings (SSSR count). The van der Waals surface area contributed by atoms with Gasteiger partial charge >= 0.3 is 0 Å². The summed E-state index contributed by atoms with van der Waals surface area (Å²) in [5.74, 6) is 0. The summed E-state index contributed by atoms with van der Waals surface area (Å²) in [5, 5.41) is 4.98. The molecule has 16 heavy (non-hydrogen) atoms. The van der Waals surface area contributed by atoms with Crippen molar-refractivity contribution in [1.82, 2.24) is 5.09 Å². The Labute approximate surface area is 98.3 Å². The Morgan fingerprint density at radius 1 is 0.875 bits per heavy atom. The largest absolute Gasteiger partial charge is 0.288 e. The highest BCUT2D eigenvalue weighted by Crippen LogP contribution is 2.23. The van der Waals surface area contributed by atoms with Gasteiger partial charge in [0.2, 0.25) is 0 Å². The summed E-state index contributed by atoms with van der Waals surface area (Å²) in [6, 6.07) is 21.1. The molecule has 0 saturated heterocycles. The lowest BCUT2D eigenvalue weighted by molar-refractivity contribution is 0.965. The molecule has 1 N–H and O–H groups in total. The van der Waals surface area contributed by atoms with Crippen molar-refractivity contribution in [2.75, 3.05) is 6.66 Å². The second kappa shape index (κ2) is 5.79. The molecule has 82 valence electrons. The average molecular weight is 229 g/mol. The first-order valence-corrected chi connectivity index (χ1v) is 7.21. The van der Waals surface area contributed by atoms with Crippen molar-refractivity contribution in [3.63, 3.8) is 0 Å². The molecule has 0 aliphatic heterocycles. The Kier molecular flexibility index (Phi) is 4.10. The third kappa shape index (κ3) is 3.16. The molecule has 0 aliphatic carbocycles. The van der Waals surface area contributed by atoms with E-state index in [9.17, 15) is 0 Å². The maximum absolute atomic E-state index is 3.58. The standard InChI is InChI=1S/C14H16NP/c1-16(14-10-6-3-7-11-14)15-12-13-8-4-2-5-9-13/h2-11,15H,12H2,1H3. The molecule has 2 aromatic carbocycles. The zero-order chi connectivity index (χ0) is 11.2. The van der Waals surface area contributed by atoms with Gasteiger partial charge in [0.1, 0.15) is 0 Å². The quantitative estimate of drug-likeness (QED) is 0.794. The van der Waals surface area contributed by atoms with Crippen LogP contribution in [0, 0.1) is 0 Å². The zero-order valence-corrected chi connectivity index (χ0v) is 10.3. The van der Waals surface area contributed by atoms with Crippen LogP contribution in [0.4, 0.5) is 0 Å². The minimum Gasteiger partial charge on any atom is -0.288 e. The molecule has 0 heterocycles. The van der Waals surface area contributed by atoms with Crippen molar-refractivity contribution < 1.29 is 0 Å². The Morgan fingerprint density at radius 3 is 2.06 bits per heavy atom. The number of rotatable bonds is 4. The van der Waals surface area contributed by atoms with Gasteiger partial charge in [0.15, 0.2) is 0 Å². The van der Waals surface area contributed by atoms with E-state index in [1.54, 1.807) is 0 Å². The normalized spacial score (nSPS) is 12.3. The van der Waals surface area contributed by atoms with E-state index in [1.165, 1.54) is 10.9 Å². The Morgan fingerprint density at radius 2 is 1.44 bits per heavy atom. The first-order valence-electron chi connectivity index (χ1n) is 5.42. The number of benzene rings is 2. The predicted molar refractivity (Wildman–Crippen MR) is 72.2 cm³/mol. The molecule has 0 bridgehead atoms. The summed E-state index contributed by atoms with van der Waals surface area (Å²) in [7, 11) is -0.249. The summed E-state index contributed by atoms with van der Waals surface area (Å²) in [4.78, 5) is 0. The van der Waals surface area contributed by atoms with Crippen molar-refractivity contribution in [2.45, 2.75) is 6.54 Å². The predicted octanol–water partition coefficient (Wildman–Crippen LogP) is 3.13. The van der Waals surface area contributed by atoms with Crippen LogP contribution in [0.3, 0.4) is 0 Å². The summed E-state index contributed by atoms with van der Waals surface area (Å²) in [5.41, 5.74) is 1.34. The molecular weight excluding hydrogens is 213 g/mol. The highest BCUT2D eigenvalue weighted by atomic mass is 31.1. The van der Waals surface area contributed by atoms with E-state index in [4.69, 9.17) is 0 Å². The Bertz CT molecular complexity index is 413. The van der Waals surface area contributed by atoms with Gasteiger partial charge in [-0.1, -0.05) is 60.7 Å². The fourth-order valence-electron chi connectivity index (χ4n) is 1.55. The molecule has 0 saturated carbocycles. The minimum atomic E-state index is -0.249. The minimum absolute atomic E-state index is 0.249. The second-order valence-corrected chi connectivity index (χ2v) is 5.67. The molecule has 1 nitrogen and oxygen atoms in total. The van der Waals surface area contributed by atoms with Crippen LogP contribution in [-0.2, 0) is 6.54 Å². The first kappa shape index (κ1) is 11.3. The summed E-state index contributed by atoms with van der Waals surface area (Å²) in [6.45, 7) is 3.20. The van der Waals surface area contributed by atoms with Crippen molar-refractivity contribution in [3.8, 4) is 0 Å². The third-order valence-corrected chi connectivity index (χ3v) is 4.21. The monoisotopic (exact) mass is 229 g/mol. The maximum atomic E-state index is 3.58. The molecular formula is C14H16NP. The number of hydrogen-bond donors (Lipinski definition) is 1. The van der Waals surface area contributed by atoms with Crippen molar-refractivity contribution >= 4 is 13.4 Å². The van der Waals surface area contributed by atoms with Gasteiger partial charge in [-0.25, -0.2) is 0 Å². The van der Waals surface area contributed by atoms with Gasteiger partial charge in [0, 0.05) is 6.54 Å². The van der Waals surface area contributed by atoms with Crippen LogP contribution in [-0.4, -0.2) is 6.66 Å². The number of nitrogens with one attached hydrogen (secondary N) is 1. The van der Waals surface area contributed by atoms with Crippen LogP contribution in [0.15, 0.2) is 60.7 Å². The van der Waals surface area contributed by atoms with Gasteiger partial charge in [0.25, 0.3) is 0 Å². The van der Waals surface area contributed by atoms with Gasteiger partial charge in [-0.2, -0.15) is 0 Å². The van der Waals surface area contributed by atoms with Crippen LogP contribution in [0.25, 0.3) is 0 Å². The second-order valence-electron chi connectivity index (χ2n) is 3.72. The van der Waals surface area contributed by atoms with Crippen LogP contribution < -0.4 is 10.4 Å². The summed E-state index contributed by atoms with van der Waals surface area (Å²) in [6.07, 6.45) is 0. The van der Waals surface area contributed by atoms with Crippen molar-refractivity contribution in [2.24, 2.45) is 0 Å². The van der Waals surface area contributed by atoms with Crippen LogP contribution in [0.2, 0.25) is 0 Å². The lowest BCUT2D eigenvalue weighted by Crippen LogP contribution is -2.13. The van der Waals surface area contributed by atoms with E-state index < -0.39 is 0 Å². The van der Waals surface area contributed by atoms with E-state index in [-0.39, 0.29) is 8.07 Å². The summed E-state index contributed by atoms with van der Waals surface area (Å²) >= 11 is 0. The molecule has 0 aliphatic rings. The topological polar surface area (TPSA) is 12.0 Å². The van der Waals surface area contributed by atoms with Gasteiger partial charge in [-0.15, -0.1) is 0 Å². The molecule has 2 aromatic rings. The molecule has 1 unspecified atom stereocenters. The van der Waals surface area contributed by atoms with Crippen molar-refractivity contribution in [1.29, 1.82) is 0 Å². The average Bonchev–Trinajstić information content (AvgIpc) is 2.38. The summed E-state index contributed by atoms with van der Waals surface area (Å²) < 4.78 is 0. The highest BCUT2D eigenvalue weighted by Gasteiger charge is 2.02. The zero-order valence-electron chi connectivity index (χ0n) is 9.43. The van der Waals surface area contributed by atoms with Crippen LogP contribution in [0.5, 0.6) is 0 Å². The van der Waals surface area contributed by atoms with E-state index in [2.05, 4.69) is 72.4 Å². The number of hydrogen-bond acceptors (Lipinski definition) is 1.